The van der Waals surface area contributed by atoms with Crippen molar-refractivity contribution in [3.05, 3.63) is 71.3 Å². The number of carbonyl (C=O) groups excluding carboxylic acids is 2. The average molecular weight is 334 g/mol. The summed E-state index contributed by atoms with van der Waals surface area (Å²) in [7, 11) is 0. The van der Waals surface area contributed by atoms with Gasteiger partial charge in [-0.15, -0.1) is 0 Å². The summed E-state index contributed by atoms with van der Waals surface area (Å²) in [6.07, 6.45) is 1.97. The van der Waals surface area contributed by atoms with Gasteiger partial charge in [-0.1, -0.05) is 54.6 Å². The summed E-state index contributed by atoms with van der Waals surface area (Å²) in [5, 5.41) is 0. The minimum Gasteiger partial charge on any atom is -0.287 e. The van der Waals surface area contributed by atoms with Gasteiger partial charge < -0.3 is 0 Å². The van der Waals surface area contributed by atoms with Crippen LogP contribution in [0.2, 0.25) is 0 Å². The fraction of sp³-hybridized carbons (Fsp3) is 0.333. The molecule has 4 nitrogen and oxygen atoms in total. The third-order valence-corrected chi connectivity index (χ3v) is 5.29. The second-order valence-corrected chi connectivity index (χ2v) is 6.83. The number of carbonyl (C=O) groups is 2. The van der Waals surface area contributed by atoms with Gasteiger partial charge in [0, 0.05) is 19.6 Å². The Kier molecular flexibility index (Phi) is 4.36. The zero-order valence-corrected chi connectivity index (χ0v) is 14.2. The highest BCUT2D eigenvalue weighted by molar-refractivity contribution is 6.05. The van der Waals surface area contributed by atoms with Crippen molar-refractivity contribution in [3.63, 3.8) is 0 Å². The van der Waals surface area contributed by atoms with E-state index in [1.807, 2.05) is 36.4 Å². The first-order valence-electron chi connectivity index (χ1n) is 8.91. The molecule has 0 spiro atoms. The monoisotopic (exact) mass is 334 g/mol. The van der Waals surface area contributed by atoms with Crippen molar-refractivity contribution in [2.24, 2.45) is 0 Å². The summed E-state index contributed by atoms with van der Waals surface area (Å²) in [5.41, 5.74) is 3.78. The zero-order valence-electron chi connectivity index (χ0n) is 14.2. The number of imide groups is 1. The second kappa shape index (κ2) is 6.81. The molecule has 4 rings (SSSR count). The molecule has 1 unspecified atom stereocenters. The van der Waals surface area contributed by atoms with Crippen LogP contribution >= 0.6 is 0 Å². The van der Waals surface area contributed by atoms with Crippen LogP contribution in [-0.2, 0) is 29.0 Å². The van der Waals surface area contributed by atoms with Crippen LogP contribution < -0.4 is 0 Å². The molecule has 1 fully saturated rings. The molecule has 0 saturated carbocycles. The van der Waals surface area contributed by atoms with Gasteiger partial charge in [0.05, 0.1) is 12.5 Å². The van der Waals surface area contributed by atoms with Gasteiger partial charge in [0.15, 0.2) is 0 Å². The zero-order chi connectivity index (χ0) is 17.2. The summed E-state index contributed by atoms with van der Waals surface area (Å²) in [6, 6.07) is 18.1. The normalized spacial score (nSPS) is 20.8. The van der Waals surface area contributed by atoms with Crippen LogP contribution in [0, 0.1) is 0 Å². The number of likely N-dealkylation sites (tertiary alicyclic amines) is 1. The minimum absolute atomic E-state index is 0.0275. The number of rotatable bonds is 4. The first-order valence-corrected chi connectivity index (χ1v) is 8.91. The van der Waals surface area contributed by atoms with E-state index in [0.29, 0.717) is 19.4 Å². The van der Waals surface area contributed by atoms with Crippen molar-refractivity contribution >= 4 is 11.8 Å². The summed E-state index contributed by atoms with van der Waals surface area (Å²) >= 11 is 0. The maximum absolute atomic E-state index is 12.8. The van der Waals surface area contributed by atoms with Crippen molar-refractivity contribution in [2.45, 2.75) is 31.8 Å². The van der Waals surface area contributed by atoms with Gasteiger partial charge in [0.2, 0.25) is 11.8 Å². The van der Waals surface area contributed by atoms with Crippen molar-refractivity contribution < 1.29 is 9.59 Å². The minimum atomic E-state index is -0.295. The molecule has 1 saturated heterocycles. The number of fused-ring (bicyclic) bond motifs is 1. The third kappa shape index (κ3) is 3.22. The second-order valence-electron chi connectivity index (χ2n) is 6.83. The molecular weight excluding hydrogens is 312 g/mol. The number of hydrogen-bond acceptors (Lipinski definition) is 3. The van der Waals surface area contributed by atoms with Crippen LogP contribution in [0.1, 0.15) is 23.1 Å². The molecule has 4 heteroatoms. The van der Waals surface area contributed by atoms with Gasteiger partial charge in [-0.25, -0.2) is 0 Å². The Hall–Kier alpha value is -2.46. The first-order chi connectivity index (χ1) is 12.2. The van der Waals surface area contributed by atoms with Crippen LogP contribution in [0.15, 0.2) is 54.6 Å². The summed E-state index contributed by atoms with van der Waals surface area (Å²) < 4.78 is 0. The molecule has 0 radical (unpaired) electrons. The van der Waals surface area contributed by atoms with Crippen LogP contribution in [0.4, 0.5) is 0 Å². The highest BCUT2D eigenvalue weighted by Crippen LogP contribution is 2.26. The van der Waals surface area contributed by atoms with E-state index < -0.39 is 0 Å². The Morgan fingerprint density at radius 3 is 2.44 bits per heavy atom. The van der Waals surface area contributed by atoms with Gasteiger partial charge in [-0.05, 0) is 29.5 Å². The summed E-state index contributed by atoms with van der Waals surface area (Å²) in [6.45, 7) is 2.07. The molecule has 0 N–H and O–H groups in total. The van der Waals surface area contributed by atoms with Gasteiger partial charge in [0.25, 0.3) is 0 Å². The Balaban J connectivity index is 1.43. The lowest BCUT2D eigenvalue weighted by Crippen LogP contribution is -2.44. The maximum atomic E-state index is 12.8. The molecule has 2 aliphatic rings. The molecule has 128 valence electrons. The van der Waals surface area contributed by atoms with Gasteiger partial charge in [-0.2, -0.15) is 0 Å². The molecular formula is C21H22N2O2. The van der Waals surface area contributed by atoms with E-state index in [9.17, 15) is 9.59 Å². The molecule has 2 aliphatic heterocycles. The molecule has 2 amide bonds. The molecule has 2 aromatic rings. The molecule has 2 aromatic carbocycles. The number of amides is 2. The van der Waals surface area contributed by atoms with Crippen LogP contribution in [0.3, 0.4) is 0 Å². The van der Waals surface area contributed by atoms with Crippen LogP contribution in [0.25, 0.3) is 0 Å². The van der Waals surface area contributed by atoms with Crippen LogP contribution in [-0.4, -0.2) is 40.7 Å². The van der Waals surface area contributed by atoms with Crippen molar-refractivity contribution in [3.8, 4) is 0 Å². The van der Waals surface area contributed by atoms with E-state index in [4.69, 9.17) is 0 Å². The number of hydrogen-bond donors (Lipinski definition) is 0. The Labute approximate surface area is 148 Å². The molecule has 25 heavy (non-hydrogen) atoms. The Bertz CT molecular complexity index is 787. The molecule has 1 atom stereocenters. The van der Waals surface area contributed by atoms with Gasteiger partial charge in [0.1, 0.15) is 0 Å². The smallest absolute Gasteiger partial charge is 0.247 e. The fourth-order valence-corrected chi connectivity index (χ4v) is 3.86. The van der Waals surface area contributed by atoms with E-state index in [-0.39, 0.29) is 17.9 Å². The third-order valence-electron chi connectivity index (χ3n) is 5.29. The van der Waals surface area contributed by atoms with E-state index in [2.05, 4.69) is 23.1 Å². The quantitative estimate of drug-likeness (QED) is 0.806. The van der Waals surface area contributed by atoms with E-state index >= 15 is 0 Å². The summed E-state index contributed by atoms with van der Waals surface area (Å²) in [4.78, 5) is 28.8. The lowest BCUT2D eigenvalue weighted by atomic mass is 9.98. The largest absolute Gasteiger partial charge is 0.287 e. The highest BCUT2D eigenvalue weighted by atomic mass is 16.2. The van der Waals surface area contributed by atoms with E-state index in [1.54, 1.807) is 0 Å². The van der Waals surface area contributed by atoms with Crippen LogP contribution in [0.5, 0.6) is 0 Å². The lowest BCUT2D eigenvalue weighted by molar-refractivity contribution is -0.139. The summed E-state index contributed by atoms with van der Waals surface area (Å²) in [5.74, 6) is -0.0647. The topological polar surface area (TPSA) is 40.6 Å². The van der Waals surface area contributed by atoms with E-state index in [1.165, 1.54) is 16.0 Å². The Morgan fingerprint density at radius 2 is 1.64 bits per heavy atom. The van der Waals surface area contributed by atoms with Crippen molar-refractivity contribution in [2.75, 3.05) is 13.1 Å². The molecule has 0 aromatic heterocycles. The highest BCUT2D eigenvalue weighted by Gasteiger charge is 2.42. The molecule has 0 bridgehead atoms. The predicted octanol–water partition coefficient (Wildman–Crippen LogP) is 2.41. The van der Waals surface area contributed by atoms with E-state index in [0.717, 1.165) is 25.1 Å². The van der Waals surface area contributed by atoms with Crippen molar-refractivity contribution in [1.29, 1.82) is 0 Å². The standard InChI is InChI=1S/C21H22N2O2/c24-20-14-19(22-12-11-17-8-4-5-9-18(17)15-22)21(25)23(20)13-10-16-6-2-1-3-7-16/h1-9,19H,10-15H2. The molecule has 2 heterocycles. The van der Waals surface area contributed by atoms with Crippen molar-refractivity contribution in [1.82, 2.24) is 9.80 Å². The average Bonchev–Trinajstić information content (AvgIpc) is 2.94. The molecule has 0 aliphatic carbocycles. The maximum Gasteiger partial charge on any atom is 0.247 e. The SMILES string of the molecule is O=C1CC(N2CCc3ccccc3C2)C(=O)N1CCc1ccccc1. The fourth-order valence-electron chi connectivity index (χ4n) is 3.86. The van der Waals surface area contributed by atoms with Gasteiger partial charge in [-0.3, -0.25) is 19.4 Å². The predicted molar refractivity (Wildman–Crippen MR) is 95.8 cm³/mol. The Morgan fingerprint density at radius 1 is 0.920 bits per heavy atom. The number of nitrogens with zero attached hydrogens (tertiary/aromatic N) is 2. The first kappa shape index (κ1) is 16.0. The lowest BCUT2D eigenvalue weighted by Gasteiger charge is -2.32. The number of benzene rings is 2. The van der Waals surface area contributed by atoms with Gasteiger partial charge >= 0.3 is 0 Å².